The van der Waals surface area contributed by atoms with E-state index >= 15 is 0 Å². The molecule has 0 spiro atoms. The first kappa shape index (κ1) is 19.7. The van der Waals surface area contributed by atoms with Crippen LogP contribution in [0.3, 0.4) is 0 Å². The zero-order valence-electron chi connectivity index (χ0n) is 15.7. The molecule has 1 aromatic heterocycles. The molecular formula is C20H20N2O5S. The molecular weight excluding hydrogens is 380 g/mol. The van der Waals surface area contributed by atoms with Gasteiger partial charge in [0.2, 0.25) is 10.0 Å². The van der Waals surface area contributed by atoms with E-state index in [9.17, 15) is 13.2 Å². The van der Waals surface area contributed by atoms with Crippen molar-refractivity contribution in [1.29, 1.82) is 0 Å². The lowest BCUT2D eigenvalue weighted by molar-refractivity contribution is 0.0997. The quantitative estimate of drug-likeness (QED) is 0.685. The highest BCUT2D eigenvalue weighted by Crippen LogP contribution is 2.30. The molecule has 0 unspecified atom stereocenters. The van der Waals surface area contributed by atoms with Gasteiger partial charge in [0.25, 0.3) is 5.91 Å². The minimum atomic E-state index is -3.75. The van der Waals surface area contributed by atoms with Crippen molar-refractivity contribution >= 4 is 21.6 Å². The van der Waals surface area contributed by atoms with E-state index in [4.69, 9.17) is 9.15 Å². The van der Waals surface area contributed by atoms with E-state index in [0.29, 0.717) is 11.3 Å². The van der Waals surface area contributed by atoms with Crippen molar-refractivity contribution in [3.8, 4) is 16.9 Å². The maximum absolute atomic E-state index is 12.7. The number of amides is 1. The fourth-order valence-corrected chi connectivity index (χ4v) is 3.75. The number of benzene rings is 2. The van der Waals surface area contributed by atoms with Crippen LogP contribution in [0.1, 0.15) is 10.6 Å². The van der Waals surface area contributed by atoms with E-state index in [0.717, 1.165) is 9.87 Å². The van der Waals surface area contributed by atoms with Crippen molar-refractivity contribution in [1.82, 2.24) is 4.31 Å². The third-order valence-electron chi connectivity index (χ3n) is 4.14. The van der Waals surface area contributed by atoms with Gasteiger partial charge in [-0.3, -0.25) is 4.79 Å². The molecule has 3 aromatic rings. The fraction of sp³-hybridized carbons (Fsp3) is 0.150. The first-order chi connectivity index (χ1) is 13.3. The van der Waals surface area contributed by atoms with E-state index in [1.807, 2.05) is 30.3 Å². The summed E-state index contributed by atoms with van der Waals surface area (Å²) in [5, 5.41) is 2.69. The topological polar surface area (TPSA) is 88.8 Å². The number of hydrogen-bond acceptors (Lipinski definition) is 5. The van der Waals surface area contributed by atoms with Gasteiger partial charge in [-0.2, -0.15) is 0 Å². The maximum atomic E-state index is 12.7. The van der Waals surface area contributed by atoms with Crippen LogP contribution in [0.4, 0.5) is 5.69 Å². The number of ether oxygens (including phenoxy) is 1. The van der Waals surface area contributed by atoms with Crippen molar-refractivity contribution in [3.05, 3.63) is 66.6 Å². The lowest BCUT2D eigenvalue weighted by Crippen LogP contribution is -2.23. The van der Waals surface area contributed by atoms with Gasteiger partial charge in [0, 0.05) is 25.3 Å². The monoisotopic (exact) mass is 400 g/mol. The number of carbonyl (C=O) groups excluding carboxylic acids is 1. The molecule has 0 aliphatic carbocycles. The Labute approximate surface area is 163 Å². The molecule has 1 amide bonds. The minimum Gasteiger partial charge on any atom is -0.495 e. The number of furan rings is 1. The Morgan fingerprint density at radius 2 is 1.79 bits per heavy atom. The second-order valence-corrected chi connectivity index (χ2v) is 8.26. The predicted molar refractivity (Wildman–Crippen MR) is 106 cm³/mol. The second kappa shape index (κ2) is 7.87. The lowest BCUT2D eigenvalue weighted by atomic mass is 10.1. The Kier molecular flexibility index (Phi) is 5.53. The van der Waals surface area contributed by atoms with Crippen LogP contribution in [0.15, 0.2) is 70.2 Å². The van der Waals surface area contributed by atoms with Crippen molar-refractivity contribution in [2.24, 2.45) is 0 Å². The van der Waals surface area contributed by atoms with Crippen molar-refractivity contribution in [2.45, 2.75) is 4.90 Å². The van der Waals surface area contributed by atoms with Crippen LogP contribution >= 0.6 is 0 Å². The standard InChI is InChI=1S/C20H20N2O5S/c1-22(2)28(24,25)18-13-15(9-10-17(18)26-3)21-20(23)19-16(11-12-27-19)14-7-5-4-6-8-14/h4-13H,1-3H3,(H,21,23). The van der Waals surface area contributed by atoms with Crippen molar-refractivity contribution < 1.29 is 22.4 Å². The van der Waals surface area contributed by atoms with Crippen LogP contribution in [0, 0.1) is 0 Å². The molecule has 0 atom stereocenters. The van der Waals surface area contributed by atoms with Crippen LogP contribution in [0.5, 0.6) is 5.75 Å². The SMILES string of the molecule is COc1ccc(NC(=O)c2occc2-c2ccccc2)cc1S(=O)(=O)N(C)C. The number of nitrogens with zero attached hydrogens (tertiary/aromatic N) is 1. The highest BCUT2D eigenvalue weighted by atomic mass is 32.2. The zero-order valence-corrected chi connectivity index (χ0v) is 16.5. The van der Waals surface area contributed by atoms with Gasteiger partial charge in [-0.25, -0.2) is 12.7 Å². The first-order valence-electron chi connectivity index (χ1n) is 8.39. The summed E-state index contributed by atoms with van der Waals surface area (Å²) in [5.74, 6) is -0.157. The third-order valence-corrected chi connectivity index (χ3v) is 5.97. The molecule has 1 heterocycles. The highest BCUT2D eigenvalue weighted by molar-refractivity contribution is 7.89. The summed E-state index contributed by atoms with van der Waals surface area (Å²) in [6.07, 6.45) is 1.44. The summed E-state index contributed by atoms with van der Waals surface area (Å²) >= 11 is 0. The Bertz CT molecular complexity index is 1090. The Balaban J connectivity index is 1.94. The van der Waals surface area contributed by atoms with Crippen LogP contribution in [-0.4, -0.2) is 39.8 Å². The molecule has 1 N–H and O–H groups in total. The number of anilines is 1. The van der Waals surface area contributed by atoms with Crippen LogP contribution in [-0.2, 0) is 10.0 Å². The summed E-state index contributed by atoms with van der Waals surface area (Å²) in [5.41, 5.74) is 1.79. The highest BCUT2D eigenvalue weighted by Gasteiger charge is 2.24. The number of rotatable bonds is 6. The van der Waals surface area contributed by atoms with Crippen LogP contribution < -0.4 is 10.1 Å². The lowest BCUT2D eigenvalue weighted by Gasteiger charge is -2.15. The van der Waals surface area contributed by atoms with Gasteiger partial charge >= 0.3 is 0 Å². The molecule has 3 rings (SSSR count). The van der Waals surface area contributed by atoms with Crippen LogP contribution in [0.2, 0.25) is 0 Å². The first-order valence-corrected chi connectivity index (χ1v) is 9.83. The molecule has 2 aromatic carbocycles. The fourth-order valence-electron chi connectivity index (χ4n) is 2.67. The average Bonchev–Trinajstić information content (AvgIpc) is 3.18. The maximum Gasteiger partial charge on any atom is 0.292 e. The molecule has 0 saturated carbocycles. The number of hydrogen-bond donors (Lipinski definition) is 1. The smallest absolute Gasteiger partial charge is 0.292 e. The van der Waals surface area contributed by atoms with Crippen molar-refractivity contribution in [3.63, 3.8) is 0 Å². The molecule has 0 bridgehead atoms. The number of carbonyl (C=O) groups is 1. The van der Waals surface area contributed by atoms with Gasteiger partial charge in [0.1, 0.15) is 10.6 Å². The molecule has 28 heavy (non-hydrogen) atoms. The second-order valence-electron chi connectivity index (χ2n) is 6.14. The molecule has 146 valence electrons. The van der Waals surface area contributed by atoms with E-state index in [2.05, 4.69) is 5.32 Å². The van der Waals surface area contributed by atoms with Crippen molar-refractivity contribution in [2.75, 3.05) is 26.5 Å². The van der Waals surface area contributed by atoms with E-state index < -0.39 is 15.9 Å². The van der Waals surface area contributed by atoms with Gasteiger partial charge < -0.3 is 14.5 Å². The molecule has 7 nitrogen and oxygen atoms in total. The van der Waals surface area contributed by atoms with Gasteiger partial charge in [0.15, 0.2) is 5.76 Å². The molecule has 0 fully saturated rings. The average molecular weight is 400 g/mol. The predicted octanol–water partition coefficient (Wildman–Crippen LogP) is 3.46. The van der Waals surface area contributed by atoms with Gasteiger partial charge in [-0.15, -0.1) is 0 Å². The Morgan fingerprint density at radius 1 is 1.07 bits per heavy atom. The van der Waals surface area contributed by atoms with Gasteiger partial charge in [-0.05, 0) is 29.8 Å². The van der Waals surface area contributed by atoms with Gasteiger partial charge in [0.05, 0.1) is 13.4 Å². The third kappa shape index (κ3) is 3.78. The number of methoxy groups -OCH3 is 1. The number of sulfonamides is 1. The summed E-state index contributed by atoms with van der Waals surface area (Å²) in [7, 11) is 0.488. The summed E-state index contributed by atoms with van der Waals surface area (Å²) in [6, 6.07) is 15.5. The van der Waals surface area contributed by atoms with E-state index in [-0.39, 0.29) is 16.4 Å². The minimum absolute atomic E-state index is 0.0412. The number of nitrogens with one attached hydrogen (secondary N) is 1. The molecule has 8 heteroatoms. The normalized spacial score (nSPS) is 11.4. The molecule has 0 aliphatic heterocycles. The summed E-state index contributed by atoms with van der Waals surface area (Å²) in [4.78, 5) is 12.7. The Morgan fingerprint density at radius 3 is 2.43 bits per heavy atom. The zero-order chi connectivity index (χ0) is 20.3. The Hall–Kier alpha value is -3.10. The molecule has 0 radical (unpaired) electrons. The summed E-state index contributed by atoms with van der Waals surface area (Å²) < 4.78 is 36.7. The molecule has 0 saturated heterocycles. The van der Waals surface area contributed by atoms with E-state index in [1.165, 1.54) is 39.6 Å². The largest absolute Gasteiger partial charge is 0.495 e. The summed E-state index contributed by atoms with van der Waals surface area (Å²) in [6.45, 7) is 0. The van der Waals surface area contributed by atoms with Crippen LogP contribution in [0.25, 0.3) is 11.1 Å². The van der Waals surface area contributed by atoms with Gasteiger partial charge in [-0.1, -0.05) is 30.3 Å². The van der Waals surface area contributed by atoms with E-state index in [1.54, 1.807) is 12.1 Å². The molecule has 0 aliphatic rings.